The molecule has 0 aromatic carbocycles. The summed E-state index contributed by atoms with van der Waals surface area (Å²) in [5.41, 5.74) is 0. The maximum Gasteiger partial charge on any atom is 0.306 e. The van der Waals surface area contributed by atoms with Crippen molar-refractivity contribution < 1.29 is 28.6 Å². The number of carbonyl (C=O) groups excluding carboxylic acids is 3. The van der Waals surface area contributed by atoms with E-state index in [4.69, 9.17) is 14.2 Å². The van der Waals surface area contributed by atoms with Crippen LogP contribution in [-0.2, 0) is 28.6 Å². The number of carbonyl (C=O) groups is 3. The molecule has 0 bridgehead atoms. The number of rotatable bonds is 51. The fourth-order valence-electron chi connectivity index (χ4n) is 7.77. The lowest BCUT2D eigenvalue weighted by molar-refractivity contribution is -0.167. The summed E-state index contributed by atoms with van der Waals surface area (Å²) in [7, 11) is 0. The Balaban J connectivity index is 4.19. The summed E-state index contributed by atoms with van der Waals surface area (Å²) < 4.78 is 16.7. The van der Waals surface area contributed by atoms with Crippen LogP contribution in [0.2, 0.25) is 0 Å². The molecule has 0 aliphatic rings. The molecular weight excluding hydrogens is 853 g/mol. The molecule has 0 fully saturated rings. The van der Waals surface area contributed by atoms with Gasteiger partial charge in [0.05, 0.1) is 0 Å². The summed E-state index contributed by atoms with van der Waals surface area (Å²) in [4.78, 5) is 37.8. The molecule has 394 valence electrons. The van der Waals surface area contributed by atoms with Gasteiger partial charge in [0.25, 0.3) is 0 Å². The summed E-state index contributed by atoms with van der Waals surface area (Å²) >= 11 is 0. The average Bonchev–Trinajstić information content (AvgIpc) is 3.35. The molecule has 0 heterocycles. The molecule has 1 unspecified atom stereocenters. The van der Waals surface area contributed by atoms with Gasteiger partial charge in [-0.2, -0.15) is 0 Å². The Kier molecular flexibility index (Phi) is 53.9. The molecule has 0 saturated carbocycles. The fraction of sp³-hybridized carbons (Fsp3) is 0.698. The normalized spacial score (nSPS) is 12.8. The van der Waals surface area contributed by atoms with Crippen molar-refractivity contribution in [1.29, 1.82) is 0 Å². The van der Waals surface area contributed by atoms with Crippen LogP contribution in [0, 0.1) is 0 Å². The lowest BCUT2D eigenvalue weighted by Gasteiger charge is -2.18. The molecule has 1 atom stereocenters. The third-order valence-corrected chi connectivity index (χ3v) is 12.1. The lowest BCUT2D eigenvalue weighted by Crippen LogP contribution is -2.30. The van der Waals surface area contributed by atoms with E-state index in [1.807, 2.05) is 0 Å². The summed E-state index contributed by atoms with van der Waals surface area (Å²) in [5.74, 6) is -0.938. The predicted molar refractivity (Wildman–Crippen MR) is 297 cm³/mol. The van der Waals surface area contributed by atoms with E-state index < -0.39 is 6.10 Å². The second-order valence-corrected chi connectivity index (χ2v) is 18.8. The standard InChI is InChI=1S/C63H106O6/c1-4-7-10-13-15-17-19-21-23-25-27-29-30-31-32-34-35-37-39-41-43-45-47-50-53-56-62(65)68-59-60(58-67-61(64)55-52-49-12-9-6-3)69-63(66)57-54-51-48-46-44-42-40-38-36-33-28-26-24-22-20-18-16-14-11-8-5-2/h7,10,15,17,21,23,26-29,31-32,35,37,41,43,60H,4-6,8-9,11-14,16,18-20,22,24-25,30,33-34,36,38-40,42,44-59H2,1-3H3/b10-7-,17-15-,23-21-,28-26-,29-27-,32-31-,37-35-,43-41-. The maximum absolute atomic E-state index is 12.8. The van der Waals surface area contributed by atoms with Gasteiger partial charge in [0, 0.05) is 19.3 Å². The number of allylic oxidation sites excluding steroid dienone is 16. The first-order valence-electron chi connectivity index (χ1n) is 28.7. The van der Waals surface area contributed by atoms with Crippen LogP contribution in [-0.4, -0.2) is 37.2 Å². The largest absolute Gasteiger partial charge is 0.462 e. The van der Waals surface area contributed by atoms with Gasteiger partial charge in [0.2, 0.25) is 0 Å². The molecule has 0 aliphatic carbocycles. The van der Waals surface area contributed by atoms with E-state index in [9.17, 15) is 14.4 Å². The van der Waals surface area contributed by atoms with Crippen LogP contribution >= 0.6 is 0 Å². The van der Waals surface area contributed by atoms with Crippen LogP contribution in [0.4, 0.5) is 0 Å². The van der Waals surface area contributed by atoms with Crippen LogP contribution in [0.25, 0.3) is 0 Å². The van der Waals surface area contributed by atoms with Gasteiger partial charge in [-0.1, -0.05) is 240 Å². The highest BCUT2D eigenvalue weighted by Crippen LogP contribution is 2.15. The van der Waals surface area contributed by atoms with Gasteiger partial charge >= 0.3 is 17.9 Å². The average molecular weight is 960 g/mol. The second kappa shape index (κ2) is 56.9. The first-order valence-corrected chi connectivity index (χ1v) is 28.7. The number of hydrogen-bond acceptors (Lipinski definition) is 6. The Hall–Kier alpha value is -3.67. The molecule has 0 spiro atoms. The summed E-state index contributed by atoms with van der Waals surface area (Å²) in [6, 6.07) is 0. The first kappa shape index (κ1) is 65.3. The van der Waals surface area contributed by atoms with E-state index in [0.29, 0.717) is 19.3 Å². The number of esters is 3. The van der Waals surface area contributed by atoms with Crippen molar-refractivity contribution in [2.75, 3.05) is 13.2 Å². The Morgan fingerprint density at radius 2 is 0.565 bits per heavy atom. The lowest BCUT2D eigenvalue weighted by atomic mass is 10.1. The van der Waals surface area contributed by atoms with Crippen LogP contribution < -0.4 is 0 Å². The maximum atomic E-state index is 12.8. The summed E-state index contributed by atoms with van der Waals surface area (Å²) in [6.07, 6.45) is 75.9. The van der Waals surface area contributed by atoms with E-state index in [2.05, 4.69) is 118 Å². The monoisotopic (exact) mass is 959 g/mol. The highest BCUT2D eigenvalue weighted by Gasteiger charge is 2.19. The van der Waals surface area contributed by atoms with Crippen molar-refractivity contribution >= 4 is 17.9 Å². The number of ether oxygens (including phenoxy) is 3. The highest BCUT2D eigenvalue weighted by atomic mass is 16.6. The predicted octanol–water partition coefficient (Wildman–Crippen LogP) is 19.3. The van der Waals surface area contributed by atoms with Gasteiger partial charge in [-0.15, -0.1) is 0 Å². The molecule has 0 aliphatic heterocycles. The fourth-order valence-corrected chi connectivity index (χ4v) is 7.77. The van der Waals surface area contributed by atoms with Gasteiger partial charge in [-0.05, 0) is 103 Å². The molecule has 6 nitrogen and oxygen atoms in total. The Morgan fingerprint density at radius 3 is 0.913 bits per heavy atom. The molecule has 0 saturated heterocycles. The van der Waals surface area contributed by atoms with E-state index in [1.54, 1.807) is 0 Å². The quantitative estimate of drug-likeness (QED) is 0.0262. The van der Waals surface area contributed by atoms with E-state index >= 15 is 0 Å². The van der Waals surface area contributed by atoms with Crippen molar-refractivity contribution in [3.8, 4) is 0 Å². The van der Waals surface area contributed by atoms with Crippen molar-refractivity contribution in [3.63, 3.8) is 0 Å². The van der Waals surface area contributed by atoms with Crippen molar-refractivity contribution in [2.45, 2.75) is 271 Å². The smallest absolute Gasteiger partial charge is 0.306 e. The molecule has 0 radical (unpaired) electrons. The van der Waals surface area contributed by atoms with Gasteiger partial charge < -0.3 is 14.2 Å². The number of hydrogen-bond donors (Lipinski definition) is 0. The van der Waals surface area contributed by atoms with Crippen molar-refractivity contribution in [2.24, 2.45) is 0 Å². The molecule has 6 heteroatoms. The minimum Gasteiger partial charge on any atom is -0.462 e. The molecule has 0 aromatic heterocycles. The molecule has 0 rings (SSSR count). The van der Waals surface area contributed by atoms with Crippen LogP contribution in [0.3, 0.4) is 0 Å². The molecule has 0 amide bonds. The summed E-state index contributed by atoms with van der Waals surface area (Å²) in [5, 5.41) is 0. The van der Waals surface area contributed by atoms with Gasteiger partial charge in [-0.3, -0.25) is 14.4 Å². The first-order chi connectivity index (χ1) is 34.0. The van der Waals surface area contributed by atoms with Gasteiger partial charge in [-0.25, -0.2) is 0 Å². The third-order valence-electron chi connectivity index (χ3n) is 12.1. The van der Waals surface area contributed by atoms with Crippen LogP contribution in [0.1, 0.15) is 265 Å². The van der Waals surface area contributed by atoms with Crippen LogP contribution in [0.15, 0.2) is 97.2 Å². The zero-order valence-electron chi connectivity index (χ0n) is 45.0. The molecule has 0 N–H and O–H groups in total. The highest BCUT2D eigenvalue weighted by molar-refractivity contribution is 5.71. The minimum atomic E-state index is -0.790. The van der Waals surface area contributed by atoms with Crippen LogP contribution in [0.5, 0.6) is 0 Å². The second-order valence-electron chi connectivity index (χ2n) is 18.8. The Labute approximate surface area is 426 Å². The molecule has 0 aromatic rings. The summed E-state index contributed by atoms with van der Waals surface area (Å²) in [6.45, 7) is 6.42. The SMILES string of the molecule is CC/C=C\C/C=C\C/C=C\C/C=C\C/C=C\C/C=C\C/C=C\CCCCCC(=O)OCC(COC(=O)CCCCCCC)OC(=O)CCCCCCCCCCC/C=C\CCCCCCCCCC. The molecular formula is C63H106O6. The van der Waals surface area contributed by atoms with Crippen molar-refractivity contribution in [3.05, 3.63) is 97.2 Å². The minimum absolute atomic E-state index is 0.0900. The van der Waals surface area contributed by atoms with Gasteiger partial charge in [0.1, 0.15) is 13.2 Å². The topological polar surface area (TPSA) is 78.9 Å². The zero-order chi connectivity index (χ0) is 50.0. The van der Waals surface area contributed by atoms with Crippen molar-refractivity contribution in [1.82, 2.24) is 0 Å². The van der Waals surface area contributed by atoms with E-state index in [-0.39, 0.29) is 31.1 Å². The van der Waals surface area contributed by atoms with E-state index in [0.717, 1.165) is 116 Å². The van der Waals surface area contributed by atoms with E-state index in [1.165, 1.54) is 109 Å². The zero-order valence-corrected chi connectivity index (χ0v) is 45.0. The third kappa shape index (κ3) is 55.1. The number of unbranched alkanes of at least 4 members (excludes halogenated alkanes) is 24. The van der Waals surface area contributed by atoms with Gasteiger partial charge in [0.15, 0.2) is 6.10 Å². The Morgan fingerprint density at radius 1 is 0.304 bits per heavy atom. The molecule has 69 heavy (non-hydrogen) atoms. The Bertz CT molecular complexity index is 1380.